The monoisotopic (exact) mass is 519 g/mol. The van der Waals surface area contributed by atoms with Gasteiger partial charge in [-0.1, -0.05) is 42.5 Å². The van der Waals surface area contributed by atoms with E-state index >= 15 is 0 Å². The maximum absolute atomic E-state index is 13.8. The summed E-state index contributed by atoms with van der Waals surface area (Å²) >= 11 is 3.30. The molecule has 1 aromatic heterocycles. The highest BCUT2D eigenvalue weighted by Gasteiger charge is 2.49. The Morgan fingerprint density at radius 3 is 2.61 bits per heavy atom. The third-order valence-electron chi connectivity index (χ3n) is 7.99. The molecule has 7 rings (SSSR count). The average Bonchev–Trinajstić information content (AvgIpc) is 3.59. The van der Waals surface area contributed by atoms with E-state index in [0.29, 0.717) is 18.2 Å². The number of benzene rings is 2. The van der Waals surface area contributed by atoms with E-state index < -0.39 is 6.04 Å². The van der Waals surface area contributed by atoms with Crippen LogP contribution >= 0.6 is 23.1 Å². The molecule has 3 fully saturated rings. The molecule has 5 nitrogen and oxygen atoms in total. The van der Waals surface area contributed by atoms with E-state index in [9.17, 15) is 9.59 Å². The number of hydrogen-bond acceptors (Lipinski definition) is 6. The maximum Gasteiger partial charge on any atom is 0.333 e. The van der Waals surface area contributed by atoms with Crippen LogP contribution in [-0.2, 0) is 14.3 Å². The highest BCUT2D eigenvalue weighted by atomic mass is 32.2. The fourth-order valence-corrected chi connectivity index (χ4v) is 7.85. The molecule has 2 aromatic carbocycles. The SMILES string of the molecule is O=C(C[N+]12CCC(CC1)[C@@H](OC(=O)[C@H](Nc1ccccc1)c1csc3ccccc13)C2)C1CC=CS1. The summed E-state index contributed by atoms with van der Waals surface area (Å²) in [7, 11) is 0. The van der Waals surface area contributed by atoms with Gasteiger partial charge in [-0.2, -0.15) is 0 Å². The Morgan fingerprint density at radius 2 is 1.83 bits per heavy atom. The topological polar surface area (TPSA) is 55.4 Å². The number of ether oxygens (including phenoxy) is 1. The highest BCUT2D eigenvalue weighted by molar-refractivity contribution is 8.03. The molecule has 7 heteroatoms. The minimum atomic E-state index is -0.588. The van der Waals surface area contributed by atoms with Crippen molar-refractivity contribution in [1.82, 2.24) is 0 Å². The van der Waals surface area contributed by atoms with E-state index in [1.807, 2.05) is 47.9 Å². The molecule has 5 heterocycles. The molecular formula is C29H31N2O3S2+. The zero-order valence-electron chi connectivity index (χ0n) is 20.2. The van der Waals surface area contributed by atoms with Gasteiger partial charge in [-0.25, -0.2) is 4.79 Å². The van der Waals surface area contributed by atoms with E-state index in [4.69, 9.17) is 4.74 Å². The van der Waals surface area contributed by atoms with Crippen molar-refractivity contribution >= 4 is 50.6 Å². The molecule has 0 amide bonds. The predicted molar refractivity (Wildman–Crippen MR) is 147 cm³/mol. The summed E-state index contributed by atoms with van der Waals surface area (Å²) in [6, 6.07) is 17.5. The lowest BCUT2D eigenvalue weighted by Crippen LogP contribution is -2.66. The Morgan fingerprint density at radius 1 is 1.06 bits per heavy atom. The van der Waals surface area contributed by atoms with Crippen LogP contribution in [0, 0.1) is 5.92 Å². The minimum absolute atomic E-state index is 0.0597. The van der Waals surface area contributed by atoms with Crippen molar-refractivity contribution in [3.8, 4) is 0 Å². The number of thioether (sulfide) groups is 1. The van der Waals surface area contributed by atoms with E-state index in [-0.39, 0.29) is 17.3 Å². The molecule has 36 heavy (non-hydrogen) atoms. The van der Waals surface area contributed by atoms with E-state index in [2.05, 4.69) is 28.9 Å². The fourth-order valence-electron chi connectivity index (χ4n) is 6.01. The van der Waals surface area contributed by atoms with Crippen molar-refractivity contribution in [2.75, 3.05) is 31.5 Å². The van der Waals surface area contributed by atoms with E-state index in [0.717, 1.165) is 64.7 Å². The lowest BCUT2D eigenvalue weighted by Gasteiger charge is -2.51. The van der Waals surface area contributed by atoms with Crippen LogP contribution < -0.4 is 5.32 Å². The first-order valence-corrected chi connectivity index (χ1v) is 14.6. The number of Topliss-reactive ketones (excluding diaryl/α,β-unsaturated/α-hetero) is 1. The number of para-hydroxylation sites is 1. The van der Waals surface area contributed by atoms with Crippen LogP contribution in [0.1, 0.15) is 30.9 Å². The summed E-state index contributed by atoms with van der Waals surface area (Å²) in [6.07, 6.45) is 4.81. The molecule has 0 radical (unpaired) electrons. The van der Waals surface area contributed by atoms with Crippen molar-refractivity contribution in [3.05, 3.63) is 77.0 Å². The number of allylic oxidation sites excluding steroid dienone is 1. The number of carbonyl (C=O) groups excluding carboxylic acids is 2. The van der Waals surface area contributed by atoms with Crippen molar-refractivity contribution < 1.29 is 18.8 Å². The summed E-state index contributed by atoms with van der Waals surface area (Å²) in [5, 5.41) is 8.71. The van der Waals surface area contributed by atoms with Crippen LogP contribution in [0.15, 0.2) is 71.5 Å². The molecule has 186 valence electrons. The van der Waals surface area contributed by atoms with Gasteiger partial charge >= 0.3 is 5.97 Å². The standard InChI is InChI=1S/C29H31N2O3S2/c32-24(27-11-6-16-35-27)17-31-14-12-20(13-15-31)25(18-31)34-29(33)28(30-21-7-2-1-3-8-21)23-19-36-26-10-5-4-9-22(23)26/h1-10,16,19-20,25,27-28,30H,11-15,17-18H2/q+1/t20?,25-,27?,28+,31?/m0/s1. The first kappa shape index (κ1) is 23.8. The second-order valence-electron chi connectivity index (χ2n) is 10.3. The van der Waals surface area contributed by atoms with E-state index in [1.165, 1.54) is 0 Å². The predicted octanol–water partition coefficient (Wildman–Crippen LogP) is 5.80. The quantitative estimate of drug-likeness (QED) is 0.301. The molecule has 3 saturated heterocycles. The Hall–Kier alpha value is -2.61. The van der Waals surface area contributed by atoms with Crippen molar-refractivity contribution in [1.29, 1.82) is 0 Å². The number of rotatable bonds is 8. The van der Waals surface area contributed by atoms with Gasteiger partial charge in [0.1, 0.15) is 13.1 Å². The molecule has 3 aromatic rings. The average molecular weight is 520 g/mol. The molecule has 4 aliphatic heterocycles. The maximum atomic E-state index is 13.8. The van der Waals surface area contributed by atoms with Crippen LogP contribution in [0.2, 0.25) is 0 Å². The number of ketones is 1. The van der Waals surface area contributed by atoms with Gasteiger partial charge in [-0.3, -0.25) is 4.79 Å². The molecule has 2 bridgehead atoms. The normalized spacial score (nSPS) is 27.7. The van der Waals surface area contributed by atoms with Gasteiger partial charge in [-0.05, 0) is 40.8 Å². The fraction of sp³-hybridized carbons (Fsp3) is 0.379. The minimum Gasteiger partial charge on any atom is -0.454 e. The number of carbonyl (C=O) groups is 2. The summed E-state index contributed by atoms with van der Waals surface area (Å²) in [4.78, 5) is 26.8. The highest BCUT2D eigenvalue weighted by Crippen LogP contribution is 2.38. The summed E-state index contributed by atoms with van der Waals surface area (Å²) < 4.78 is 8.25. The zero-order chi connectivity index (χ0) is 24.5. The van der Waals surface area contributed by atoms with Crippen molar-refractivity contribution in [2.24, 2.45) is 5.92 Å². The number of hydrogen-bond donors (Lipinski definition) is 1. The molecule has 0 aliphatic carbocycles. The molecule has 0 saturated carbocycles. The molecule has 0 spiro atoms. The Labute approximate surface area is 220 Å². The number of thiophene rings is 1. The van der Waals surface area contributed by atoms with Crippen LogP contribution in [0.25, 0.3) is 10.1 Å². The first-order chi connectivity index (χ1) is 17.6. The number of esters is 1. The van der Waals surface area contributed by atoms with Gasteiger partial charge in [0.25, 0.3) is 0 Å². The van der Waals surface area contributed by atoms with Crippen LogP contribution in [0.4, 0.5) is 5.69 Å². The lowest BCUT2D eigenvalue weighted by molar-refractivity contribution is -0.939. The Balaban J connectivity index is 1.22. The van der Waals surface area contributed by atoms with E-state index in [1.54, 1.807) is 23.1 Å². The van der Waals surface area contributed by atoms with Crippen molar-refractivity contribution in [3.63, 3.8) is 0 Å². The van der Waals surface area contributed by atoms with Gasteiger partial charge in [-0.15, -0.1) is 23.1 Å². The Kier molecular flexibility index (Phi) is 6.63. The number of nitrogens with zero attached hydrogens (tertiary/aromatic N) is 1. The van der Waals surface area contributed by atoms with Gasteiger partial charge in [0.05, 0.1) is 18.3 Å². The number of anilines is 1. The number of nitrogens with one attached hydrogen (secondary N) is 1. The Bertz CT molecular complexity index is 1270. The number of quaternary nitrogens is 1. The largest absolute Gasteiger partial charge is 0.454 e. The molecular weight excluding hydrogens is 488 g/mol. The third-order valence-corrected chi connectivity index (χ3v) is 10.1. The van der Waals surface area contributed by atoms with Crippen molar-refractivity contribution in [2.45, 2.75) is 36.7 Å². The summed E-state index contributed by atoms with van der Waals surface area (Å²) in [6.45, 7) is 3.32. The van der Waals surface area contributed by atoms with Crippen LogP contribution in [0.5, 0.6) is 0 Å². The number of piperidine rings is 3. The lowest BCUT2D eigenvalue weighted by atomic mass is 9.82. The second kappa shape index (κ2) is 10.0. The van der Waals surface area contributed by atoms with Gasteiger partial charge in [0.15, 0.2) is 17.9 Å². The van der Waals surface area contributed by atoms with Gasteiger partial charge in [0.2, 0.25) is 0 Å². The summed E-state index contributed by atoms with van der Waals surface area (Å²) in [5.41, 5.74) is 1.84. The smallest absolute Gasteiger partial charge is 0.333 e. The van der Waals surface area contributed by atoms with Gasteiger partial charge in [0, 0.05) is 34.7 Å². The zero-order valence-corrected chi connectivity index (χ0v) is 21.8. The summed E-state index contributed by atoms with van der Waals surface area (Å²) in [5.74, 6) is 0.480. The first-order valence-electron chi connectivity index (χ1n) is 12.8. The van der Waals surface area contributed by atoms with Crippen LogP contribution in [0.3, 0.4) is 0 Å². The van der Waals surface area contributed by atoms with Gasteiger partial charge < -0.3 is 14.5 Å². The second-order valence-corrected chi connectivity index (χ2v) is 12.3. The molecule has 1 N–H and O–H groups in total. The van der Waals surface area contributed by atoms with Crippen LogP contribution in [-0.4, -0.2) is 53.8 Å². The number of fused-ring (bicyclic) bond motifs is 4. The molecule has 3 atom stereocenters. The third kappa shape index (κ3) is 4.72. The molecule has 4 aliphatic rings. The molecule has 1 unspecified atom stereocenters.